The number of rotatable bonds is 10. The number of amidine groups is 1. The molecule has 0 spiro atoms. The average molecular weight is 615 g/mol. The number of hydrogen-bond acceptors (Lipinski definition) is 5. The van der Waals surface area contributed by atoms with E-state index in [0.29, 0.717) is 18.7 Å². The van der Waals surface area contributed by atoms with E-state index in [4.69, 9.17) is 0 Å². The predicted molar refractivity (Wildman–Crippen MR) is 179 cm³/mol. The standard InChI is InChI=1S/C38H34N2O2S2/c1-43-33-22-18-30(19-23-33)35-38(37(41)42,32-20-24-34(44-2)25-21-32)40(27-29-14-8-4-9-15-29)36(31-16-10-5-11-17-31)39(35)26-28-12-6-3-7-13-28/h3-25,35H,26-27H2,1-2H3. The van der Waals surface area contributed by atoms with Crippen molar-refractivity contribution < 1.29 is 14.5 Å². The summed E-state index contributed by atoms with van der Waals surface area (Å²) in [6.07, 6.45) is 4.08. The molecule has 1 aliphatic heterocycles. The summed E-state index contributed by atoms with van der Waals surface area (Å²) in [4.78, 5) is 18.4. The normalized spacial score (nSPS) is 18.0. The summed E-state index contributed by atoms with van der Waals surface area (Å²) in [6, 6.07) is 46.2. The van der Waals surface area contributed by atoms with Crippen LogP contribution in [0.1, 0.15) is 33.9 Å². The van der Waals surface area contributed by atoms with Crippen molar-refractivity contribution in [1.29, 1.82) is 0 Å². The van der Waals surface area contributed by atoms with Gasteiger partial charge < -0.3 is 9.90 Å². The van der Waals surface area contributed by atoms with Crippen LogP contribution >= 0.6 is 23.5 Å². The van der Waals surface area contributed by atoms with Gasteiger partial charge in [-0.05, 0) is 60.0 Å². The lowest BCUT2D eigenvalue weighted by Gasteiger charge is -2.39. The van der Waals surface area contributed by atoms with E-state index in [1.165, 1.54) is 0 Å². The van der Waals surface area contributed by atoms with E-state index in [2.05, 4.69) is 70.1 Å². The van der Waals surface area contributed by atoms with Gasteiger partial charge in [0.1, 0.15) is 13.1 Å². The van der Waals surface area contributed by atoms with Crippen LogP contribution in [0.2, 0.25) is 0 Å². The minimum atomic E-state index is -1.55. The number of carboxylic acids is 1. The summed E-state index contributed by atoms with van der Waals surface area (Å²) in [7, 11) is 0. The molecule has 0 bridgehead atoms. The summed E-state index contributed by atoms with van der Waals surface area (Å²) in [5.41, 5.74) is 3.13. The van der Waals surface area contributed by atoms with E-state index in [1.807, 2.05) is 91.4 Å². The third-order valence-electron chi connectivity index (χ3n) is 8.34. The molecule has 6 heteroatoms. The van der Waals surface area contributed by atoms with Gasteiger partial charge in [0.25, 0.3) is 5.84 Å². The van der Waals surface area contributed by atoms with E-state index in [0.717, 1.165) is 37.9 Å². The first-order valence-corrected chi connectivity index (χ1v) is 17.1. The third-order valence-corrected chi connectivity index (χ3v) is 9.83. The first-order valence-electron chi connectivity index (χ1n) is 14.6. The van der Waals surface area contributed by atoms with Gasteiger partial charge in [0.15, 0.2) is 6.04 Å². The fraction of sp³-hybridized carbons (Fsp3) is 0.158. The first-order chi connectivity index (χ1) is 21.6. The number of carbonyl (C=O) groups is 1. The number of nitrogens with zero attached hydrogens (tertiary/aromatic N) is 2. The molecule has 2 unspecified atom stereocenters. The Balaban J connectivity index is 1.71. The van der Waals surface area contributed by atoms with Crippen LogP contribution in [0.4, 0.5) is 0 Å². The van der Waals surface area contributed by atoms with Gasteiger partial charge in [-0.25, -0.2) is 9.48 Å². The smallest absolute Gasteiger partial charge is 0.281 e. The fourth-order valence-corrected chi connectivity index (χ4v) is 7.16. The molecule has 0 fully saturated rings. The Morgan fingerprint density at radius 2 is 1.20 bits per heavy atom. The summed E-state index contributed by atoms with van der Waals surface area (Å²) in [5.74, 6) is -0.274. The molecule has 0 N–H and O–H groups in total. The van der Waals surface area contributed by atoms with E-state index < -0.39 is 17.6 Å². The Kier molecular flexibility index (Phi) is 8.91. The van der Waals surface area contributed by atoms with Crippen LogP contribution in [0.25, 0.3) is 0 Å². The highest BCUT2D eigenvalue weighted by molar-refractivity contribution is 7.98. The van der Waals surface area contributed by atoms with Crippen LogP contribution in [0, 0.1) is 0 Å². The Morgan fingerprint density at radius 3 is 1.73 bits per heavy atom. The monoisotopic (exact) mass is 614 g/mol. The molecule has 1 aliphatic rings. The number of hydrogen-bond donors (Lipinski definition) is 0. The summed E-state index contributed by atoms with van der Waals surface area (Å²) in [6.45, 7) is 0.900. The lowest BCUT2D eigenvalue weighted by Crippen LogP contribution is -2.59. The van der Waals surface area contributed by atoms with E-state index in [9.17, 15) is 9.90 Å². The van der Waals surface area contributed by atoms with Crippen molar-refractivity contribution in [3.8, 4) is 0 Å². The average Bonchev–Trinajstić information content (AvgIpc) is 3.36. The third kappa shape index (κ3) is 5.56. The Labute approximate surface area is 268 Å². The zero-order valence-electron chi connectivity index (χ0n) is 24.8. The number of aliphatic carboxylic acids is 1. The minimum absolute atomic E-state index is 0.383. The van der Waals surface area contributed by atoms with Crippen LogP contribution < -0.4 is 5.11 Å². The maximum Gasteiger partial charge on any atom is 0.281 e. The van der Waals surface area contributed by atoms with Crippen LogP contribution in [0.15, 0.2) is 149 Å². The molecule has 5 aromatic carbocycles. The fourth-order valence-electron chi connectivity index (χ4n) is 6.34. The van der Waals surface area contributed by atoms with Gasteiger partial charge in [0, 0.05) is 20.9 Å². The van der Waals surface area contributed by atoms with Crippen LogP contribution in [-0.4, -0.2) is 33.8 Å². The van der Waals surface area contributed by atoms with Crippen molar-refractivity contribution in [1.82, 2.24) is 4.90 Å². The second-order valence-electron chi connectivity index (χ2n) is 10.8. The molecule has 44 heavy (non-hydrogen) atoms. The van der Waals surface area contributed by atoms with Gasteiger partial charge in [0.05, 0.1) is 11.5 Å². The largest absolute Gasteiger partial charge is 0.545 e. The van der Waals surface area contributed by atoms with Gasteiger partial charge in [-0.1, -0.05) is 103 Å². The molecule has 4 nitrogen and oxygen atoms in total. The maximum atomic E-state index is 14.2. The van der Waals surface area contributed by atoms with Crippen LogP contribution in [0.5, 0.6) is 0 Å². The van der Waals surface area contributed by atoms with Gasteiger partial charge in [-0.15, -0.1) is 23.5 Å². The summed E-state index contributed by atoms with van der Waals surface area (Å²) >= 11 is 3.31. The predicted octanol–water partition coefficient (Wildman–Crippen LogP) is 6.99. The number of carbonyl (C=O) groups excluding carboxylic acids is 1. The van der Waals surface area contributed by atoms with Crippen LogP contribution in [0.3, 0.4) is 0 Å². The molecule has 0 saturated carbocycles. The van der Waals surface area contributed by atoms with Gasteiger partial charge in [-0.3, -0.25) is 0 Å². The van der Waals surface area contributed by atoms with E-state index >= 15 is 0 Å². The van der Waals surface area contributed by atoms with Crippen molar-refractivity contribution in [3.63, 3.8) is 0 Å². The lowest BCUT2D eigenvalue weighted by atomic mass is 9.78. The molecule has 6 rings (SSSR count). The SMILES string of the molecule is CSc1ccc(C2[N+](Cc3ccccc3)=C(c3ccccc3)N(Cc3ccccc3)C2(C(=O)[O-])c2ccc(SC)cc2)cc1. The van der Waals surface area contributed by atoms with E-state index in [-0.39, 0.29) is 0 Å². The number of thioether (sulfide) groups is 2. The molecule has 0 saturated heterocycles. The highest BCUT2D eigenvalue weighted by Crippen LogP contribution is 2.50. The van der Waals surface area contributed by atoms with Crippen molar-refractivity contribution in [2.45, 2.75) is 34.5 Å². The second-order valence-corrected chi connectivity index (χ2v) is 12.6. The Bertz CT molecular complexity index is 1740. The molecular weight excluding hydrogens is 581 g/mol. The van der Waals surface area contributed by atoms with Crippen molar-refractivity contribution >= 4 is 35.3 Å². The highest BCUT2D eigenvalue weighted by atomic mass is 32.2. The zero-order valence-corrected chi connectivity index (χ0v) is 26.4. The quantitative estimate of drug-likeness (QED) is 0.125. The number of carboxylic acid groups (broad SMARTS) is 1. The Morgan fingerprint density at radius 1 is 0.705 bits per heavy atom. The maximum absolute atomic E-state index is 14.2. The van der Waals surface area contributed by atoms with Crippen molar-refractivity contribution in [3.05, 3.63) is 167 Å². The van der Waals surface area contributed by atoms with Gasteiger partial charge in [-0.2, -0.15) is 0 Å². The molecule has 2 atom stereocenters. The Hall–Kier alpha value is -4.26. The summed E-state index contributed by atoms with van der Waals surface area (Å²) in [5, 5.41) is 14.2. The molecular formula is C38H34N2O2S2. The van der Waals surface area contributed by atoms with Crippen molar-refractivity contribution in [2.24, 2.45) is 0 Å². The highest BCUT2D eigenvalue weighted by Gasteiger charge is 2.63. The minimum Gasteiger partial charge on any atom is -0.545 e. The van der Waals surface area contributed by atoms with E-state index in [1.54, 1.807) is 23.5 Å². The van der Waals surface area contributed by atoms with Gasteiger partial charge in [0.2, 0.25) is 5.54 Å². The molecule has 0 amide bonds. The van der Waals surface area contributed by atoms with Gasteiger partial charge >= 0.3 is 0 Å². The molecule has 0 aliphatic carbocycles. The first kappa shape index (κ1) is 29.8. The molecule has 5 aromatic rings. The zero-order chi connectivity index (χ0) is 30.5. The molecule has 0 radical (unpaired) electrons. The second kappa shape index (κ2) is 13.2. The lowest BCUT2D eigenvalue weighted by molar-refractivity contribution is -0.587. The molecule has 0 aromatic heterocycles. The molecule has 220 valence electrons. The van der Waals surface area contributed by atoms with Crippen molar-refractivity contribution in [2.75, 3.05) is 12.5 Å². The summed E-state index contributed by atoms with van der Waals surface area (Å²) < 4.78 is 2.28. The van der Waals surface area contributed by atoms with Crippen LogP contribution in [-0.2, 0) is 23.4 Å². The molecule has 1 heterocycles. The topological polar surface area (TPSA) is 46.4 Å². The number of benzene rings is 5.